The number of pyridine rings is 1. The van der Waals surface area contributed by atoms with Gasteiger partial charge in [0.1, 0.15) is 11.6 Å². The lowest BCUT2D eigenvalue weighted by atomic mass is 10.1. The monoisotopic (exact) mass is 531 g/mol. The van der Waals surface area contributed by atoms with Crippen LogP contribution in [0.3, 0.4) is 0 Å². The summed E-state index contributed by atoms with van der Waals surface area (Å²) in [5, 5.41) is 3.18. The highest BCUT2D eigenvalue weighted by Crippen LogP contribution is 2.30. The van der Waals surface area contributed by atoms with Gasteiger partial charge in [0.05, 0.1) is 5.69 Å². The molecule has 13 heteroatoms. The number of amides is 1. The Labute approximate surface area is 209 Å². The highest BCUT2D eigenvalue weighted by Gasteiger charge is 2.41. The van der Waals surface area contributed by atoms with Gasteiger partial charge in [-0.05, 0) is 36.6 Å². The number of alkyl halides is 3. The Morgan fingerprint density at radius 3 is 2.59 bits per heavy atom. The number of carbonyl (C=O) groups is 1. The van der Waals surface area contributed by atoms with Crippen molar-refractivity contribution in [3.8, 4) is 11.3 Å². The van der Waals surface area contributed by atoms with Crippen molar-refractivity contribution in [1.82, 2.24) is 24.6 Å². The summed E-state index contributed by atoms with van der Waals surface area (Å²) < 4.78 is 71.3. The Hall–Kier alpha value is -3.84. The summed E-state index contributed by atoms with van der Waals surface area (Å²) in [7, 11) is -4.03. The van der Waals surface area contributed by atoms with Gasteiger partial charge in [-0.15, -0.1) is 0 Å². The second-order valence-electron chi connectivity index (χ2n) is 8.44. The van der Waals surface area contributed by atoms with Gasteiger partial charge < -0.3 is 9.73 Å². The number of fused-ring (bicyclic) bond motifs is 1. The SMILES string of the molecule is O=C(NCc1ccnc(-c2cnc(C(F)(F)F)nc2)c1)[C@@H]1CCCN1S(=O)(=O)c1cc2ccccc2o1. The number of nitrogens with one attached hydrogen (secondary N) is 1. The molecule has 192 valence electrons. The van der Waals surface area contributed by atoms with Crippen molar-refractivity contribution >= 4 is 26.9 Å². The molecule has 1 atom stereocenters. The first-order chi connectivity index (χ1) is 17.6. The molecule has 5 rings (SSSR count). The number of furan rings is 1. The number of nitrogens with zero attached hydrogens (tertiary/aromatic N) is 4. The second-order valence-corrected chi connectivity index (χ2v) is 10.3. The summed E-state index contributed by atoms with van der Waals surface area (Å²) >= 11 is 0. The van der Waals surface area contributed by atoms with E-state index in [2.05, 4.69) is 20.3 Å². The lowest BCUT2D eigenvalue weighted by molar-refractivity contribution is -0.145. The minimum absolute atomic E-state index is 0.0604. The summed E-state index contributed by atoms with van der Waals surface area (Å²) in [6.07, 6.45) is -0.271. The van der Waals surface area contributed by atoms with Gasteiger partial charge in [0, 0.05) is 48.7 Å². The smallest absolute Gasteiger partial charge is 0.443 e. The maximum Gasteiger partial charge on any atom is 0.451 e. The zero-order valence-corrected chi connectivity index (χ0v) is 20.0. The minimum atomic E-state index is -4.65. The first-order valence-electron chi connectivity index (χ1n) is 11.3. The van der Waals surface area contributed by atoms with Crippen LogP contribution in [0.25, 0.3) is 22.2 Å². The lowest BCUT2D eigenvalue weighted by Gasteiger charge is -2.22. The zero-order valence-electron chi connectivity index (χ0n) is 19.1. The van der Waals surface area contributed by atoms with Gasteiger partial charge in [0.15, 0.2) is 0 Å². The third-order valence-electron chi connectivity index (χ3n) is 5.96. The van der Waals surface area contributed by atoms with E-state index in [0.29, 0.717) is 35.1 Å². The van der Waals surface area contributed by atoms with Crippen LogP contribution in [0.1, 0.15) is 24.2 Å². The fourth-order valence-electron chi connectivity index (χ4n) is 4.15. The van der Waals surface area contributed by atoms with E-state index >= 15 is 0 Å². The van der Waals surface area contributed by atoms with Crippen LogP contribution in [-0.4, -0.2) is 46.2 Å². The van der Waals surface area contributed by atoms with Gasteiger partial charge >= 0.3 is 6.18 Å². The van der Waals surface area contributed by atoms with Gasteiger partial charge in [-0.3, -0.25) is 9.78 Å². The summed E-state index contributed by atoms with van der Waals surface area (Å²) in [4.78, 5) is 23.8. The normalized spacial score (nSPS) is 16.8. The molecule has 0 radical (unpaired) electrons. The van der Waals surface area contributed by atoms with E-state index < -0.39 is 34.0 Å². The fourth-order valence-corrected chi connectivity index (χ4v) is 5.75. The lowest BCUT2D eigenvalue weighted by Crippen LogP contribution is -2.45. The summed E-state index contributed by atoms with van der Waals surface area (Å²) in [5.74, 6) is -1.72. The summed E-state index contributed by atoms with van der Waals surface area (Å²) in [6, 6.07) is 10.7. The van der Waals surface area contributed by atoms with Crippen molar-refractivity contribution in [1.29, 1.82) is 0 Å². The topological polar surface area (TPSA) is 118 Å². The second kappa shape index (κ2) is 9.56. The Morgan fingerprint density at radius 1 is 1.11 bits per heavy atom. The van der Waals surface area contributed by atoms with Gasteiger partial charge in [-0.1, -0.05) is 18.2 Å². The highest BCUT2D eigenvalue weighted by molar-refractivity contribution is 7.89. The standard InChI is InChI=1S/C24H20F3N5O4S/c25-24(26,27)23-30-13-17(14-31-23)18-10-15(7-8-28-18)12-29-22(33)19-5-3-9-32(19)37(34,35)21-11-16-4-1-2-6-20(16)36-21/h1-2,4,6-8,10-11,13-14,19H,3,5,9,12H2,(H,29,33)/t19-/m0/s1. The molecule has 4 heterocycles. The number of hydrogen-bond acceptors (Lipinski definition) is 7. The molecule has 1 fully saturated rings. The van der Waals surface area contributed by atoms with Crippen LogP contribution in [0.15, 0.2) is 70.6 Å². The van der Waals surface area contributed by atoms with Crippen LogP contribution in [0.2, 0.25) is 0 Å². The molecular weight excluding hydrogens is 511 g/mol. The predicted molar refractivity (Wildman–Crippen MR) is 125 cm³/mol. The van der Waals surface area contributed by atoms with Crippen LogP contribution in [-0.2, 0) is 27.5 Å². The van der Waals surface area contributed by atoms with Crippen molar-refractivity contribution in [3.05, 3.63) is 72.4 Å². The van der Waals surface area contributed by atoms with E-state index in [4.69, 9.17) is 4.42 Å². The van der Waals surface area contributed by atoms with E-state index in [9.17, 15) is 26.4 Å². The predicted octanol–water partition coefficient (Wildman–Crippen LogP) is 3.77. The number of carbonyl (C=O) groups excluding carboxylic acids is 1. The summed E-state index contributed by atoms with van der Waals surface area (Å²) in [6.45, 7) is 0.246. The average molecular weight is 532 g/mol. The van der Waals surface area contributed by atoms with Crippen molar-refractivity contribution in [2.24, 2.45) is 0 Å². The molecule has 1 amide bonds. The molecule has 4 aromatic rings. The van der Waals surface area contributed by atoms with Crippen LogP contribution in [0.4, 0.5) is 13.2 Å². The van der Waals surface area contributed by atoms with Gasteiger partial charge in [-0.25, -0.2) is 18.4 Å². The molecule has 37 heavy (non-hydrogen) atoms. The molecule has 0 unspecified atom stereocenters. The first kappa shape index (κ1) is 24.8. The molecule has 0 spiro atoms. The number of aromatic nitrogens is 3. The maximum absolute atomic E-state index is 13.2. The molecule has 0 bridgehead atoms. The van der Waals surface area contributed by atoms with E-state index in [0.717, 1.165) is 16.7 Å². The average Bonchev–Trinajstić information content (AvgIpc) is 3.55. The first-order valence-corrected chi connectivity index (χ1v) is 12.7. The highest BCUT2D eigenvalue weighted by atomic mass is 32.2. The van der Waals surface area contributed by atoms with Gasteiger partial charge in [0.2, 0.25) is 16.8 Å². The number of sulfonamides is 1. The van der Waals surface area contributed by atoms with E-state index in [-0.39, 0.29) is 23.7 Å². The number of para-hydroxylation sites is 1. The molecule has 9 nitrogen and oxygen atoms in total. The van der Waals surface area contributed by atoms with Gasteiger partial charge in [-0.2, -0.15) is 17.5 Å². The minimum Gasteiger partial charge on any atom is -0.443 e. The Morgan fingerprint density at radius 2 is 1.86 bits per heavy atom. The molecule has 0 saturated carbocycles. The quantitative estimate of drug-likeness (QED) is 0.402. The van der Waals surface area contributed by atoms with Crippen molar-refractivity contribution < 1.29 is 30.8 Å². The number of benzene rings is 1. The van der Waals surface area contributed by atoms with Crippen LogP contribution >= 0.6 is 0 Å². The molecule has 1 saturated heterocycles. The third kappa shape index (κ3) is 5.04. The largest absolute Gasteiger partial charge is 0.451 e. The van der Waals surface area contributed by atoms with E-state index in [1.807, 2.05) is 0 Å². The van der Waals surface area contributed by atoms with Crippen molar-refractivity contribution in [3.63, 3.8) is 0 Å². The molecular formula is C24H20F3N5O4S. The Bertz CT molecular complexity index is 1520. The van der Waals surface area contributed by atoms with E-state index in [1.165, 1.54) is 12.3 Å². The molecule has 1 aromatic carbocycles. The molecule has 1 aliphatic heterocycles. The Balaban J connectivity index is 1.28. The number of rotatable bonds is 6. The van der Waals surface area contributed by atoms with Crippen LogP contribution < -0.4 is 5.32 Å². The molecule has 1 aliphatic rings. The summed E-state index contributed by atoms with van der Waals surface area (Å²) in [5.41, 5.74) is 1.66. The Kier molecular flexibility index (Phi) is 6.42. The van der Waals surface area contributed by atoms with E-state index in [1.54, 1.807) is 36.4 Å². The van der Waals surface area contributed by atoms with Crippen LogP contribution in [0, 0.1) is 0 Å². The van der Waals surface area contributed by atoms with Crippen molar-refractivity contribution in [2.45, 2.75) is 36.7 Å². The maximum atomic E-state index is 13.2. The molecule has 3 aromatic heterocycles. The van der Waals surface area contributed by atoms with Crippen molar-refractivity contribution in [2.75, 3.05) is 6.54 Å². The fraction of sp³-hybridized carbons (Fsp3) is 0.250. The molecule has 1 N–H and O–H groups in total. The molecule has 0 aliphatic carbocycles. The van der Waals surface area contributed by atoms with Crippen LogP contribution in [0.5, 0.6) is 0 Å². The van der Waals surface area contributed by atoms with Gasteiger partial charge in [0.25, 0.3) is 10.0 Å². The third-order valence-corrected chi connectivity index (χ3v) is 7.73. The number of hydrogen-bond donors (Lipinski definition) is 1. The number of halogens is 3. The zero-order chi connectivity index (χ0) is 26.2.